The van der Waals surface area contributed by atoms with Gasteiger partial charge in [-0.25, -0.2) is 0 Å². The van der Waals surface area contributed by atoms with Gasteiger partial charge in [0.05, 0.1) is 19.8 Å². The molecule has 0 aromatic heterocycles. The number of morpholine rings is 1. The maximum Gasteiger partial charge on any atom is 0.150 e. The van der Waals surface area contributed by atoms with Crippen LogP contribution in [0.4, 0.5) is 0 Å². The highest BCUT2D eigenvalue weighted by Crippen LogP contribution is 2.47. The molecule has 2 rings (SSSR count). The summed E-state index contributed by atoms with van der Waals surface area (Å²) in [6.45, 7) is 10.8. The summed E-state index contributed by atoms with van der Waals surface area (Å²) in [7, 11) is 0. The third-order valence-corrected chi connectivity index (χ3v) is 4.93. The van der Waals surface area contributed by atoms with Gasteiger partial charge in [-0.1, -0.05) is 20.8 Å². The van der Waals surface area contributed by atoms with Crippen molar-refractivity contribution >= 4 is 5.78 Å². The number of rotatable bonds is 3. The van der Waals surface area contributed by atoms with Crippen molar-refractivity contribution in [1.82, 2.24) is 4.90 Å². The van der Waals surface area contributed by atoms with E-state index >= 15 is 0 Å². The first-order chi connectivity index (χ1) is 8.01. The van der Waals surface area contributed by atoms with E-state index in [9.17, 15) is 4.79 Å². The maximum absolute atomic E-state index is 12.4. The number of carbonyl (C=O) groups is 1. The van der Waals surface area contributed by atoms with Crippen molar-refractivity contribution in [2.75, 3.05) is 32.8 Å². The minimum Gasteiger partial charge on any atom is -0.379 e. The topological polar surface area (TPSA) is 29.5 Å². The second-order valence-electron chi connectivity index (χ2n) is 6.21. The smallest absolute Gasteiger partial charge is 0.150 e. The molecule has 2 aliphatic rings. The molecule has 1 saturated heterocycles. The summed E-state index contributed by atoms with van der Waals surface area (Å²) in [6, 6.07) is 0. The van der Waals surface area contributed by atoms with Crippen LogP contribution in [0.1, 0.15) is 33.6 Å². The van der Waals surface area contributed by atoms with E-state index in [-0.39, 0.29) is 11.3 Å². The summed E-state index contributed by atoms with van der Waals surface area (Å²) in [5.74, 6) is 1.38. The average Bonchev–Trinajstić information content (AvgIpc) is 2.55. The van der Waals surface area contributed by atoms with E-state index in [1.807, 2.05) is 0 Å². The Morgan fingerprint density at radius 2 is 1.94 bits per heavy atom. The molecule has 0 bridgehead atoms. The Balaban J connectivity index is 1.91. The van der Waals surface area contributed by atoms with Gasteiger partial charge < -0.3 is 4.74 Å². The number of Topliss-reactive ketones (excluding diaryl/α,β-unsaturated/α-hetero) is 1. The highest BCUT2D eigenvalue weighted by Gasteiger charge is 2.44. The van der Waals surface area contributed by atoms with Gasteiger partial charge in [-0.15, -0.1) is 0 Å². The van der Waals surface area contributed by atoms with Crippen molar-refractivity contribution in [2.45, 2.75) is 33.6 Å². The maximum atomic E-state index is 12.4. The third kappa shape index (κ3) is 2.71. The SMILES string of the molecule is CC1CCC(C(=O)CN2CCOCC2)C1(C)C. The molecule has 0 amide bonds. The molecule has 0 spiro atoms. The van der Waals surface area contributed by atoms with Crippen LogP contribution in [0.5, 0.6) is 0 Å². The Morgan fingerprint density at radius 3 is 2.47 bits per heavy atom. The molecule has 1 aliphatic carbocycles. The van der Waals surface area contributed by atoms with Crippen molar-refractivity contribution in [2.24, 2.45) is 17.3 Å². The summed E-state index contributed by atoms with van der Waals surface area (Å²) < 4.78 is 5.31. The zero-order chi connectivity index (χ0) is 12.5. The predicted octanol–water partition coefficient (Wildman–Crippen LogP) is 1.96. The summed E-state index contributed by atoms with van der Waals surface area (Å²) in [5.41, 5.74) is 0.184. The molecule has 0 aromatic carbocycles. The van der Waals surface area contributed by atoms with Crippen LogP contribution >= 0.6 is 0 Å². The highest BCUT2D eigenvalue weighted by molar-refractivity contribution is 5.84. The summed E-state index contributed by atoms with van der Waals surface area (Å²) >= 11 is 0. The largest absolute Gasteiger partial charge is 0.379 e. The second kappa shape index (κ2) is 5.07. The van der Waals surface area contributed by atoms with Crippen LogP contribution in [0.25, 0.3) is 0 Å². The highest BCUT2D eigenvalue weighted by atomic mass is 16.5. The summed E-state index contributed by atoms with van der Waals surface area (Å²) in [4.78, 5) is 14.6. The number of ether oxygens (including phenoxy) is 1. The quantitative estimate of drug-likeness (QED) is 0.754. The van der Waals surface area contributed by atoms with Crippen LogP contribution in [0.3, 0.4) is 0 Å². The lowest BCUT2D eigenvalue weighted by Crippen LogP contribution is -2.43. The van der Waals surface area contributed by atoms with Crippen LogP contribution in [-0.2, 0) is 9.53 Å². The van der Waals surface area contributed by atoms with E-state index in [0.29, 0.717) is 18.2 Å². The van der Waals surface area contributed by atoms with Gasteiger partial charge in [0.1, 0.15) is 5.78 Å². The first kappa shape index (κ1) is 13.0. The Morgan fingerprint density at radius 1 is 1.29 bits per heavy atom. The van der Waals surface area contributed by atoms with E-state index < -0.39 is 0 Å². The minimum atomic E-state index is 0.184. The number of hydrogen-bond acceptors (Lipinski definition) is 3. The van der Waals surface area contributed by atoms with Crippen molar-refractivity contribution < 1.29 is 9.53 Å². The van der Waals surface area contributed by atoms with Crippen LogP contribution in [0, 0.1) is 17.3 Å². The van der Waals surface area contributed by atoms with Crippen molar-refractivity contribution in [1.29, 1.82) is 0 Å². The molecule has 0 N–H and O–H groups in total. The Bertz CT molecular complexity index is 282. The number of nitrogens with zero attached hydrogens (tertiary/aromatic N) is 1. The number of carbonyl (C=O) groups excluding carboxylic acids is 1. The van der Waals surface area contributed by atoms with Gasteiger partial charge in [0, 0.05) is 19.0 Å². The Labute approximate surface area is 105 Å². The molecule has 17 heavy (non-hydrogen) atoms. The zero-order valence-corrected chi connectivity index (χ0v) is 11.4. The van der Waals surface area contributed by atoms with Crippen molar-refractivity contribution in [3.8, 4) is 0 Å². The van der Waals surface area contributed by atoms with Crippen LogP contribution in [0.15, 0.2) is 0 Å². The Kier molecular flexibility index (Phi) is 3.88. The lowest BCUT2D eigenvalue weighted by atomic mass is 9.74. The van der Waals surface area contributed by atoms with Crippen molar-refractivity contribution in [3.63, 3.8) is 0 Å². The lowest BCUT2D eigenvalue weighted by Gasteiger charge is -2.33. The Hall–Kier alpha value is -0.410. The zero-order valence-electron chi connectivity index (χ0n) is 11.4. The van der Waals surface area contributed by atoms with E-state index in [4.69, 9.17) is 4.74 Å². The first-order valence-electron chi connectivity index (χ1n) is 6.84. The molecule has 2 unspecified atom stereocenters. The number of hydrogen-bond donors (Lipinski definition) is 0. The molecule has 0 aromatic rings. The van der Waals surface area contributed by atoms with Gasteiger partial charge in [-0.3, -0.25) is 9.69 Å². The molecule has 2 fully saturated rings. The molecule has 1 heterocycles. The number of ketones is 1. The third-order valence-electron chi connectivity index (χ3n) is 4.93. The van der Waals surface area contributed by atoms with Crippen LogP contribution < -0.4 is 0 Å². The molecule has 3 heteroatoms. The molecular formula is C14H25NO2. The van der Waals surface area contributed by atoms with E-state index in [1.165, 1.54) is 6.42 Å². The molecule has 1 saturated carbocycles. The first-order valence-corrected chi connectivity index (χ1v) is 6.84. The van der Waals surface area contributed by atoms with Crippen LogP contribution in [-0.4, -0.2) is 43.5 Å². The molecular weight excluding hydrogens is 214 g/mol. The van der Waals surface area contributed by atoms with E-state index in [1.54, 1.807) is 0 Å². The van der Waals surface area contributed by atoms with Gasteiger partial charge in [0.2, 0.25) is 0 Å². The lowest BCUT2D eigenvalue weighted by molar-refractivity contribution is -0.128. The fourth-order valence-corrected chi connectivity index (χ4v) is 3.17. The monoisotopic (exact) mass is 239 g/mol. The van der Waals surface area contributed by atoms with Gasteiger partial charge >= 0.3 is 0 Å². The molecule has 3 nitrogen and oxygen atoms in total. The summed E-state index contributed by atoms with van der Waals surface area (Å²) in [6.07, 6.45) is 2.28. The predicted molar refractivity (Wildman–Crippen MR) is 67.9 cm³/mol. The van der Waals surface area contributed by atoms with E-state index in [2.05, 4.69) is 25.7 Å². The normalized spacial score (nSPS) is 33.8. The van der Waals surface area contributed by atoms with Gasteiger partial charge in [0.25, 0.3) is 0 Å². The summed E-state index contributed by atoms with van der Waals surface area (Å²) in [5, 5.41) is 0. The van der Waals surface area contributed by atoms with Crippen LogP contribution in [0.2, 0.25) is 0 Å². The molecule has 98 valence electrons. The van der Waals surface area contributed by atoms with Gasteiger partial charge in [0.15, 0.2) is 0 Å². The fraction of sp³-hybridized carbons (Fsp3) is 0.929. The molecule has 1 aliphatic heterocycles. The fourth-order valence-electron chi connectivity index (χ4n) is 3.17. The van der Waals surface area contributed by atoms with Crippen molar-refractivity contribution in [3.05, 3.63) is 0 Å². The van der Waals surface area contributed by atoms with Gasteiger partial charge in [-0.2, -0.15) is 0 Å². The minimum absolute atomic E-state index is 0.184. The second-order valence-corrected chi connectivity index (χ2v) is 6.21. The molecule has 2 atom stereocenters. The average molecular weight is 239 g/mol. The molecule has 0 radical (unpaired) electrons. The van der Waals surface area contributed by atoms with Gasteiger partial charge in [-0.05, 0) is 24.2 Å². The standard InChI is InChI=1S/C14H25NO2/c1-11-4-5-12(14(11,2)3)13(16)10-15-6-8-17-9-7-15/h11-12H,4-10H2,1-3H3. The van der Waals surface area contributed by atoms with E-state index in [0.717, 1.165) is 32.7 Å².